The molecule has 152 valence electrons. The van der Waals surface area contributed by atoms with E-state index in [1.165, 1.54) is 0 Å². The molecule has 3 aromatic rings. The first kappa shape index (κ1) is 20.2. The summed E-state index contributed by atoms with van der Waals surface area (Å²) in [7, 11) is 2.13. The van der Waals surface area contributed by atoms with Gasteiger partial charge in [-0.1, -0.05) is 6.07 Å². The van der Waals surface area contributed by atoms with Crippen LogP contribution in [0.3, 0.4) is 0 Å². The fourth-order valence-corrected chi connectivity index (χ4v) is 5.01. The first-order chi connectivity index (χ1) is 13.6. The van der Waals surface area contributed by atoms with Gasteiger partial charge in [0.2, 0.25) is 0 Å². The number of pyridine rings is 1. The highest BCUT2D eigenvalue weighted by Crippen LogP contribution is 2.33. The van der Waals surface area contributed by atoms with Crippen LogP contribution in [0, 0.1) is 0 Å². The SMILES string of the molecule is CN(c1ccc(-c2ccc3ncc(Br)cc3c2)nn1)C1CC(C)(C)NC(C)(C)C1. The second kappa shape index (κ2) is 7.33. The van der Waals surface area contributed by atoms with E-state index in [1.54, 1.807) is 0 Å². The van der Waals surface area contributed by atoms with Crippen molar-refractivity contribution in [2.75, 3.05) is 11.9 Å². The summed E-state index contributed by atoms with van der Waals surface area (Å²) >= 11 is 3.49. The van der Waals surface area contributed by atoms with E-state index in [2.05, 4.69) is 106 Å². The number of benzene rings is 1. The van der Waals surface area contributed by atoms with Crippen molar-refractivity contribution in [2.24, 2.45) is 0 Å². The number of aromatic nitrogens is 3. The fraction of sp³-hybridized carbons (Fsp3) is 0.435. The van der Waals surface area contributed by atoms with E-state index >= 15 is 0 Å². The summed E-state index contributed by atoms with van der Waals surface area (Å²) in [6.07, 6.45) is 3.96. The molecule has 0 bridgehead atoms. The molecule has 5 nitrogen and oxygen atoms in total. The highest BCUT2D eigenvalue weighted by atomic mass is 79.9. The average Bonchev–Trinajstić information content (AvgIpc) is 2.64. The van der Waals surface area contributed by atoms with Crippen molar-refractivity contribution in [3.05, 3.63) is 47.1 Å². The third-order valence-electron chi connectivity index (χ3n) is 5.67. The molecule has 29 heavy (non-hydrogen) atoms. The van der Waals surface area contributed by atoms with Gasteiger partial charge in [-0.3, -0.25) is 4.98 Å². The third-order valence-corrected chi connectivity index (χ3v) is 6.11. The molecular formula is C23H28BrN5. The first-order valence-electron chi connectivity index (χ1n) is 10.0. The maximum absolute atomic E-state index is 4.55. The molecule has 1 fully saturated rings. The van der Waals surface area contributed by atoms with Crippen LogP contribution in [-0.2, 0) is 0 Å². The van der Waals surface area contributed by atoms with E-state index < -0.39 is 0 Å². The van der Waals surface area contributed by atoms with E-state index in [4.69, 9.17) is 0 Å². The lowest BCUT2D eigenvalue weighted by molar-refractivity contribution is 0.160. The Kier molecular flexibility index (Phi) is 5.11. The van der Waals surface area contributed by atoms with Crippen molar-refractivity contribution >= 4 is 32.7 Å². The van der Waals surface area contributed by atoms with Crippen molar-refractivity contribution in [3.8, 4) is 11.3 Å². The Morgan fingerprint density at radius 3 is 2.38 bits per heavy atom. The minimum atomic E-state index is 0.0987. The quantitative estimate of drug-likeness (QED) is 0.590. The number of nitrogens with zero attached hydrogens (tertiary/aromatic N) is 4. The van der Waals surface area contributed by atoms with Crippen LogP contribution in [0.15, 0.2) is 47.1 Å². The summed E-state index contributed by atoms with van der Waals surface area (Å²) in [5, 5.41) is 13.9. The van der Waals surface area contributed by atoms with E-state index in [9.17, 15) is 0 Å². The van der Waals surface area contributed by atoms with E-state index in [0.29, 0.717) is 6.04 Å². The normalized spacial score (nSPS) is 18.7. The van der Waals surface area contributed by atoms with Crippen LogP contribution < -0.4 is 10.2 Å². The molecule has 0 amide bonds. The molecule has 0 aliphatic carbocycles. The van der Waals surface area contributed by atoms with Crippen LogP contribution in [0.2, 0.25) is 0 Å². The van der Waals surface area contributed by atoms with Crippen LogP contribution >= 0.6 is 15.9 Å². The summed E-state index contributed by atoms with van der Waals surface area (Å²) in [4.78, 5) is 6.71. The molecule has 1 aromatic carbocycles. The molecule has 0 unspecified atom stereocenters. The Hall–Kier alpha value is -2.05. The van der Waals surface area contributed by atoms with Gasteiger partial charge in [0.15, 0.2) is 5.82 Å². The van der Waals surface area contributed by atoms with Crippen LogP contribution in [0.1, 0.15) is 40.5 Å². The molecule has 2 aromatic heterocycles. The van der Waals surface area contributed by atoms with Crippen LogP contribution in [-0.4, -0.2) is 39.3 Å². The average molecular weight is 454 g/mol. The molecule has 0 atom stereocenters. The Morgan fingerprint density at radius 1 is 1.00 bits per heavy atom. The largest absolute Gasteiger partial charge is 0.355 e. The number of anilines is 1. The molecule has 1 aliphatic rings. The Balaban J connectivity index is 1.57. The fourth-order valence-electron chi connectivity index (χ4n) is 4.66. The lowest BCUT2D eigenvalue weighted by Gasteiger charge is -2.49. The highest BCUT2D eigenvalue weighted by Gasteiger charge is 2.39. The molecule has 1 aliphatic heterocycles. The van der Waals surface area contributed by atoms with Crippen molar-refractivity contribution in [1.29, 1.82) is 0 Å². The van der Waals surface area contributed by atoms with Crippen molar-refractivity contribution in [3.63, 3.8) is 0 Å². The number of nitrogens with one attached hydrogen (secondary N) is 1. The van der Waals surface area contributed by atoms with Gasteiger partial charge in [-0.25, -0.2) is 0 Å². The van der Waals surface area contributed by atoms with Gasteiger partial charge in [0.1, 0.15) is 0 Å². The van der Waals surface area contributed by atoms with Gasteiger partial charge in [0.25, 0.3) is 0 Å². The standard InChI is InChI=1S/C23H28BrN5/c1-22(2)12-18(13-23(3,4)28-22)29(5)21-9-8-20(26-27-21)15-6-7-19-16(10-15)11-17(24)14-25-19/h6-11,14,18,28H,12-13H2,1-5H3. The highest BCUT2D eigenvalue weighted by molar-refractivity contribution is 9.10. The van der Waals surface area contributed by atoms with Gasteiger partial charge in [0.05, 0.1) is 11.2 Å². The molecular weight excluding hydrogens is 426 g/mol. The maximum Gasteiger partial charge on any atom is 0.151 e. The number of rotatable bonds is 3. The van der Waals surface area contributed by atoms with Gasteiger partial charge in [-0.2, -0.15) is 0 Å². The summed E-state index contributed by atoms with van der Waals surface area (Å²) in [5.41, 5.74) is 3.08. The molecule has 0 spiro atoms. The van der Waals surface area contributed by atoms with E-state index in [1.807, 2.05) is 12.3 Å². The molecule has 6 heteroatoms. The van der Waals surface area contributed by atoms with Crippen molar-refractivity contribution in [2.45, 2.75) is 57.7 Å². The van der Waals surface area contributed by atoms with Gasteiger partial charge in [-0.15, -0.1) is 10.2 Å². The van der Waals surface area contributed by atoms with Crippen LogP contribution in [0.4, 0.5) is 5.82 Å². The molecule has 0 radical (unpaired) electrons. The minimum Gasteiger partial charge on any atom is -0.355 e. The molecule has 3 heterocycles. The molecule has 0 saturated carbocycles. The van der Waals surface area contributed by atoms with Crippen LogP contribution in [0.25, 0.3) is 22.2 Å². The monoisotopic (exact) mass is 453 g/mol. The lowest BCUT2D eigenvalue weighted by Crippen LogP contribution is -2.62. The Labute approximate surface area is 181 Å². The maximum atomic E-state index is 4.55. The van der Waals surface area contributed by atoms with Crippen molar-refractivity contribution < 1.29 is 0 Å². The number of hydrogen-bond donors (Lipinski definition) is 1. The Bertz CT molecular complexity index is 1010. The molecule has 1 saturated heterocycles. The number of fused-ring (bicyclic) bond motifs is 1. The Morgan fingerprint density at radius 2 is 1.72 bits per heavy atom. The second-order valence-corrected chi connectivity index (χ2v) is 10.3. The van der Waals surface area contributed by atoms with Gasteiger partial charge in [-0.05, 0) is 86.8 Å². The van der Waals surface area contributed by atoms with Crippen molar-refractivity contribution in [1.82, 2.24) is 20.5 Å². The number of hydrogen-bond acceptors (Lipinski definition) is 5. The van der Waals surface area contributed by atoms with Crippen LogP contribution in [0.5, 0.6) is 0 Å². The lowest BCUT2D eigenvalue weighted by atomic mass is 9.79. The summed E-state index contributed by atoms with van der Waals surface area (Å²) in [6.45, 7) is 9.10. The third kappa shape index (κ3) is 4.43. The second-order valence-electron chi connectivity index (χ2n) is 9.40. The summed E-state index contributed by atoms with van der Waals surface area (Å²) in [6, 6.07) is 12.8. The van der Waals surface area contributed by atoms with E-state index in [-0.39, 0.29) is 11.1 Å². The minimum absolute atomic E-state index is 0.0987. The van der Waals surface area contributed by atoms with Gasteiger partial charge >= 0.3 is 0 Å². The summed E-state index contributed by atoms with van der Waals surface area (Å²) < 4.78 is 0.970. The molecule has 4 rings (SSSR count). The number of piperidine rings is 1. The molecule has 1 N–H and O–H groups in total. The smallest absolute Gasteiger partial charge is 0.151 e. The first-order valence-corrected chi connectivity index (χ1v) is 10.8. The van der Waals surface area contributed by atoms with Gasteiger partial charge in [0, 0.05) is 45.8 Å². The predicted molar refractivity (Wildman–Crippen MR) is 123 cm³/mol. The topological polar surface area (TPSA) is 53.9 Å². The predicted octanol–water partition coefficient (Wildman–Crippen LogP) is 5.20. The van der Waals surface area contributed by atoms with Gasteiger partial charge < -0.3 is 10.2 Å². The zero-order chi connectivity index (χ0) is 20.8. The zero-order valence-electron chi connectivity index (χ0n) is 17.7. The number of halogens is 1. The zero-order valence-corrected chi connectivity index (χ0v) is 19.3. The summed E-state index contributed by atoms with van der Waals surface area (Å²) in [5.74, 6) is 0.914. The van der Waals surface area contributed by atoms with E-state index in [0.717, 1.165) is 45.3 Å².